The maximum absolute atomic E-state index is 12.9. The van der Waals surface area contributed by atoms with Crippen LogP contribution in [-0.4, -0.2) is 52.6 Å². The number of amides is 1. The lowest BCUT2D eigenvalue weighted by molar-refractivity contribution is 0.0319. The highest BCUT2D eigenvalue weighted by Crippen LogP contribution is 2.31. The molecule has 0 spiro atoms. The smallest absolute Gasteiger partial charge is 0.266 e. The number of hydrogen-bond donors (Lipinski definition) is 1. The van der Waals surface area contributed by atoms with E-state index in [0.29, 0.717) is 21.2 Å². The largest absolute Gasteiger partial charge is 0.429 e. The zero-order valence-electron chi connectivity index (χ0n) is 11.9. The highest BCUT2D eigenvalue weighted by Gasteiger charge is 2.37. The van der Waals surface area contributed by atoms with Crippen LogP contribution in [0.3, 0.4) is 0 Å². The first-order chi connectivity index (χ1) is 10.7. The third-order valence-corrected chi connectivity index (χ3v) is 5.74. The lowest BCUT2D eigenvalue weighted by Gasteiger charge is -2.43. The number of oxazole rings is 1. The topological polar surface area (TPSA) is 58.5 Å². The summed E-state index contributed by atoms with van der Waals surface area (Å²) >= 11 is 6.90. The van der Waals surface area contributed by atoms with Gasteiger partial charge in [0.25, 0.3) is 10.7 Å². The minimum absolute atomic E-state index is 0.0708. The molecule has 0 aliphatic carbocycles. The molecular weight excluding hydrogens is 320 g/mol. The van der Waals surface area contributed by atoms with Crippen LogP contribution in [0.2, 0.25) is 0 Å². The van der Waals surface area contributed by atoms with Crippen molar-refractivity contribution in [2.45, 2.75) is 17.7 Å². The molecule has 5 nitrogen and oxygen atoms in total. The summed E-state index contributed by atoms with van der Waals surface area (Å²) in [5.74, 6) is 1.03. The van der Waals surface area contributed by atoms with Gasteiger partial charge in [0.1, 0.15) is 0 Å². The van der Waals surface area contributed by atoms with Crippen LogP contribution < -0.4 is 0 Å². The van der Waals surface area contributed by atoms with Crippen LogP contribution in [0.15, 0.2) is 22.6 Å². The quantitative estimate of drug-likeness (QED) is 0.812. The average Bonchev–Trinajstić information content (AvgIpc) is 2.92. The zero-order chi connectivity index (χ0) is 15.1. The molecule has 22 heavy (non-hydrogen) atoms. The molecule has 116 valence electrons. The van der Waals surface area contributed by atoms with E-state index in [2.05, 4.69) is 4.98 Å². The Morgan fingerprint density at radius 1 is 1.45 bits per heavy atom. The Labute approximate surface area is 137 Å². The van der Waals surface area contributed by atoms with E-state index in [4.69, 9.17) is 21.4 Å². The Kier molecular flexibility index (Phi) is 3.71. The number of carbonyl (C=O) groups is 1. The second-order valence-electron chi connectivity index (χ2n) is 5.56. The number of hydrogen-bond acceptors (Lipinski definition) is 5. The Morgan fingerprint density at radius 2 is 2.36 bits per heavy atom. The molecule has 2 aromatic rings. The van der Waals surface area contributed by atoms with Gasteiger partial charge in [0.2, 0.25) is 0 Å². The van der Waals surface area contributed by atoms with Crippen molar-refractivity contribution in [2.75, 3.05) is 25.5 Å². The maximum Gasteiger partial charge on any atom is 0.266 e. The van der Waals surface area contributed by atoms with E-state index in [1.165, 1.54) is 0 Å². The van der Waals surface area contributed by atoms with Crippen LogP contribution in [-0.2, 0) is 4.74 Å². The SMILES string of the molecule is O=C(c1ccc2[nH]c(=S)oc2c1)N1CCS[C@@H]2COCC[C@@H]21. The van der Waals surface area contributed by atoms with Crippen LogP contribution in [0.25, 0.3) is 11.1 Å². The van der Waals surface area contributed by atoms with Gasteiger partial charge in [-0.15, -0.1) is 0 Å². The fraction of sp³-hybridized carbons (Fsp3) is 0.467. The summed E-state index contributed by atoms with van der Waals surface area (Å²) in [5.41, 5.74) is 2.10. The number of nitrogens with zero attached hydrogens (tertiary/aromatic N) is 1. The fourth-order valence-electron chi connectivity index (χ4n) is 3.18. The lowest BCUT2D eigenvalue weighted by Crippen LogP contribution is -2.54. The van der Waals surface area contributed by atoms with Gasteiger partial charge >= 0.3 is 0 Å². The first-order valence-electron chi connectivity index (χ1n) is 7.35. The molecule has 0 saturated carbocycles. The Bertz CT molecular complexity index is 767. The van der Waals surface area contributed by atoms with Crippen molar-refractivity contribution < 1.29 is 13.9 Å². The summed E-state index contributed by atoms with van der Waals surface area (Å²) in [6, 6.07) is 5.73. The minimum Gasteiger partial charge on any atom is -0.429 e. The molecule has 2 atom stereocenters. The molecule has 2 aliphatic heterocycles. The monoisotopic (exact) mass is 336 g/mol. The molecule has 7 heteroatoms. The van der Waals surface area contributed by atoms with Gasteiger partial charge in [-0.1, -0.05) is 0 Å². The number of carbonyl (C=O) groups excluding carboxylic acids is 1. The van der Waals surface area contributed by atoms with Crippen LogP contribution >= 0.6 is 24.0 Å². The average molecular weight is 336 g/mol. The highest BCUT2D eigenvalue weighted by molar-refractivity contribution is 8.00. The molecule has 1 aromatic heterocycles. The summed E-state index contributed by atoms with van der Waals surface area (Å²) in [7, 11) is 0. The van der Waals surface area contributed by atoms with E-state index in [1.807, 2.05) is 28.8 Å². The van der Waals surface area contributed by atoms with Crippen molar-refractivity contribution in [3.05, 3.63) is 28.6 Å². The van der Waals surface area contributed by atoms with Crippen molar-refractivity contribution >= 4 is 41.0 Å². The fourth-order valence-corrected chi connectivity index (χ4v) is 4.68. The molecule has 1 amide bonds. The number of aromatic nitrogens is 1. The summed E-state index contributed by atoms with van der Waals surface area (Å²) in [4.78, 5) is 18.2. The van der Waals surface area contributed by atoms with Gasteiger partial charge < -0.3 is 19.0 Å². The van der Waals surface area contributed by atoms with Crippen molar-refractivity contribution in [3.8, 4) is 0 Å². The van der Waals surface area contributed by atoms with Crippen molar-refractivity contribution in [3.63, 3.8) is 0 Å². The third kappa shape index (κ3) is 2.47. The van der Waals surface area contributed by atoms with E-state index in [9.17, 15) is 4.79 Å². The molecule has 1 aromatic carbocycles. The first-order valence-corrected chi connectivity index (χ1v) is 8.81. The molecule has 2 saturated heterocycles. The van der Waals surface area contributed by atoms with Gasteiger partial charge in [-0.3, -0.25) is 4.79 Å². The number of nitrogens with one attached hydrogen (secondary N) is 1. The van der Waals surface area contributed by atoms with Crippen molar-refractivity contribution in [2.24, 2.45) is 0 Å². The Balaban J connectivity index is 1.64. The van der Waals surface area contributed by atoms with Crippen molar-refractivity contribution in [1.82, 2.24) is 9.88 Å². The minimum atomic E-state index is 0.0708. The number of rotatable bonds is 1. The van der Waals surface area contributed by atoms with Gasteiger partial charge in [0.15, 0.2) is 5.58 Å². The van der Waals surface area contributed by atoms with E-state index in [1.54, 1.807) is 6.07 Å². The van der Waals surface area contributed by atoms with Gasteiger partial charge in [-0.05, 0) is 36.8 Å². The first kappa shape index (κ1) is 14.3. The molecule has 2 aliphatic rings. The number of ether oxygens (including phenoxy) is 1. The van der Waals surface area contributed by atoms with Gasteiger partial charge in [-0.2, -0.15) is 11.8 Å². The molecule has 0 unspecified atom stereocenters. The molecule has 2 fully saturated rings. The van der Waals surface area contributed by atoms with Crippen LogP contribution in [0, 0.1) is 4.84 Å². The molecule has 1 N–H and O–H groups in total. The van der Waals surface area contributed by atoms with Gasteiger partial charge in [0, 0.05) is 35.8 Å². The highest BCUT2D eigenvalue weighted by atomic mass is 32.2. The lowest BCUT2D eigenvalue weighted by atomic mass is 10.0. The maximum atomic E-state index is 12.9. The summed E-state index contributed by atoms with van der Waals surface area (Å²) in [5, 5.41) is 0.395. The second kappa shape index (κ2) is 5.72. The molecule has 0 radical (unpaired) electrons. The normalized spacial score (nSPS) is 25.2. The number of fused-ring (bicyclic) bond motifs is 2. The number of thioether (sulfide) groups is 1. The number of aromatic amines is 1. The standard InChI is InChI=1S/C15H16N2O3S2/c18-14(9-1-2-10-12(7-9)20-15(21)16-10)17-4-6-22-13-8-19-5-3-11(13)17/h1-2,7,11,13H,3-6,8H2,(H,16,21)/t11-,13+/m0/s1. The van der Waals surface area contributed by atoms with Crippen molar-refractivity contribution in [1.29, 1.82) is 0 Å². The van der Waals surface area contributed by atoms with E-state index >= 15 is 0 Å². The second-order valence-corrected chi connectivity index (χ2v) is 7.28. The summed E-state index contributed by atoms with van der Waals surface area (Å²) < 4.78 is 11.0. The van der Waals surface area contributed by atoms with E-state index in [-0.39, 0.29) is 11.9 Å². The summed E-state index contributed by atoms with van der Waals surface area (Å²) in [6.07, 6.45) is 0.913. The Hall–Kier alpha value is -1.31. The zero-order valence-corrected chi connectivity index (χ0v) is 13.5. The van der Waals surface area contributed by atoms with Crippen LogP contribution in [0.5, 0.6) is 0 Å². The molecule has 4 rings (SSSR count). The summed E-state index contributed by atoms with van der Waals surface area (Å²) in [6.45, 7) is 2.26. The molecular formula is C15H16N2O3S2. The van der Waals surface area contributed by atoms with E-state index in [0.717, 1.165) is 37.4 Å². The van der Waals surface area contributed by atoms with Crippen LogP contribution in [0.1, 0.15) is 16.8 Å². The predicted octanol–water partition coefficient (Wildman–Crippen LogP) is 2.84. The number of benzene rings is 1. The third-order valence-electron chi connectivity index (χ3n) is 4.26. The molecule has 0 bridgehead atoms. The Morgan fingerprint density at radius 3 is 3.27 bits per heavy atom. The predicted molar refractivity (Wildman–Crippen MR) is 87.9 cm³/mol. The van der Waals surface area contributed by atoms with Crippen LogP contribution in [0.4, 0.5) is 0 Å². The van der Waals surface area contributed by atoms with E-state index < -0.39 is 0 Å². The molecule has 3 heterocycles. The number of H-pyrrole nitrogens is 1. The van der Waals surface area contributed by atoms with Gasteiger partial charge in [0.05, 0.1) is 12.1 Å². The van der Waals surface area contributed by atoms with Gasteiger partial charge in [-0.25, -0.2) is 0 Å².